The Morgan fingerprint density at radius 2 is 1.79 bits per heavy atom. The summed E-state index contributed by atoms with van der Waals surface area (Å²) in [6, 6.07) is 14.4. The first-order valence-electron chi connectivity index (χ1n) is 7.68. The van der Waals surface area contributed by atoms with Gasteiger partial charge in [0, 0.05) is 24.2 Å². The third-order valence-corrected chi connectivity index (χ3v) is 4.91. The van der Waals surface area contributed by atoms with E-state index in [4.69, 9.17) is 0 Å². The fraction of sp³-hybridized carbons (Fsp3) is 0.105. The van der Waals surface area contributed by atoms with Crippen molar-refractivity contribution in [2.45, 2.75) is 6.92 Å². The third-order valence-electron chi connectivity index (χ3n) is 4.02. The number of rotatable bonds is 3. The van der Waals surface area contributed by atoms with Crippen LogP contribution in [0.15, 0.2) is 60.4 Å². The van der Waals surface area contributed by atoms with Crippen LogP contribution in [0, 0.1) is 6.92 Å². The second kappa shape index (κ2) is 6.02. The van der Waals surface area contributed by atoms with Crippen molar-refractivity contribution in [3.05, 3.63) is 65.9 Å². The number of benzene rings is 1. The Morgan fingerprint density at radius 3 is 2.54 bits per heavy atom. The van der Waals surface area contributed by atoms with Crippen LogP contribution < -0.4 is 4.90 Å². The molecule has 0 spiro atoms. The van der Waals surface area contributed by atoms with E-state index in [2.05, 4.69) is 51.5 Å². The average Bonchev–Trinajstić information content (AvgIpc) is 3.07. The molecule has 118 valence electrons. The first kappa shape index (κ1) is 14.8. The molecule has 0 amide bonds. The van der Waals surface area contributed by atoms with Gasteiger partial charge in [0.2, 0.25) is 0 Å². The monoisotopic (exact) mass is 332 g/mol. The minimum atomic E-state index is 0.860. The van der Waals surface area contributed by atoms with E-state index in [0.717, 1.165) is 27.4 Å². The molecule has 4 nitrogen and oxygen atoms in total. The average molecular weight is 332 g/mol. The number of hydrogen-bond donors (Lipinski definition) is 0. The molecular weight excluding hydrogens is 316 g/mol. The summed E-state index contributed by atoms with van der Waals surface area (Å²) in [5.74, 6) is 1.73. The lowest BCUT2D eigenvalue weighted by atomic mass is 10.0. The normalized spacial score (nSPS) is 10.9. The zero-order chi connectivity index (χ0) is 16.5. The quantitative estimate of drug-likeness (QED) is 0.539. The standard InChI is InChI=1S/C19H16N4S/c1-13-6-8-14(9-7-13)15-11-24-19-17(15)18(21-12-22-19)23(2)16-5-3-4-10-20-16/h3-12H,1-2H3. The molecule has 0 aliphatic heterocycles. The SMILES string of the molecule is Cc1ccc(-c2csc3ncnc(N(C)c4ccccn4)c23)cc1. The number of hydrogen-bond acceptors (Lipinski definition) is 5. The smallest absolute Gasteiger partial charge is 0.146 e. The molecule has 0 fully saturated rings. The molecule has 4 aromatic rings. The highest BCUT2D eigenvalue weighted by atomic mass is 32.1. The fourth-order valence-corrected chi connectivity index (χ4v) is 3.63. The van der Waals surface area contributed by atoms with Gasteiger partial charge in [-0.3, -0.25) is 0 Å². The molecule has 0 N–H and O–H groups in total. The Balaban J connectivity index is 1.90. The van der Waals surface area contributed by atoms with Crippen LogP contribution in [0.1, 0.15) is 5.56 Å². The van der Waals surface area contributed by atoms with E-state index < -0.39 is 0 Å². The third kappa shape index (κ3) is 2.53. The van der Waals surface area contributed by atoms with Crippen LogP contribution in [-0.4, -0.2) is 22.0 Å². The Morgan fingerprint density at radius 1 is 0.958 bits per heavy atom. The molecule has 3 heterocycles. The number of aryl methyl sites for hydroxylation is 1. The van der Waals surface area contributed by atoms with Crippen LogP contribution in [0.4, 0.5) is 11.6 Å². The second-order valence-corrected chi connectivity index (χ2v) is 6.50. The Bertz CT molecular complexity index is 977. The van der Waals surface area contributed by atoms with Gasteiger partial charge in [-0.25, -0.2) is 15.0 Å². The van der Waals surface area contributed by atoms with Gasteiger partial charge in [-0.1, -0.05) is 35.9 Å². The number of fused-ring (bicyclic) bond motifs is 1. The lowest BCUT2D eigenvalue weighted by molar-refractivity contribution is 1.07. The maximum atomic E-state index is 4.54. The molecule has 0 saturated carbocycles. The van der Waals surface area contributed by atoms with Gasteiger partial charge >= 0.3 is 0 Å². The Kier molecular flexibility index (Phi) is 3.70. The van der Waals surface area contributed by atoms with E-state index in [1.807, 2.05) is 30.1 Å². The van der Waals surface area contributed by atoms with E-state index in [1.165, 1.54) is 11.1 Å². The predicted octanol–water partition coefficient (Wildman–Crippen LogP) is 4.83. The molecule has 0 aliphatic rings. The Hall–Kier alpha value is -2.79. The highest BCUT2D eigenvalue weighted by Gasteiger charge is 2.17. The van der Waals surface area contributed by atoms with Crippen molar-refractivity contribution in [3.63, 3.8) is 0 Å². The summed E-state index contributed by atoms with van der Waals surface area (Å²) >= 11 is 1.64. The molecule has 0 atom stereocenters. The van der Waals surface area contributed by atoms with Gasteiger partial charge in [-0.2, -0.15) is 0 Å². The summed E-state index contributed by atoms with van der Waals surface area (Å²) in [4.78, 5) is 16.4. The molecule has 5 heteroatoms. The molecular formula is C19H16N4S. The molecule has 0 aliphatic carbocycles. The van der Waals surface area contributed by atoms with E-state index in [1.54, 1.807) is 23.9 Å². The van der Waals surface area contributed by atoms with Crippen molar-refractivity contribution in [2.75, 3.05) is 11.9 Å². The summed E-state index contributed by atoms with van der Waals surface area (Å²) in [6.07, 6.45) is 3.41. The number of thiophene rings is 1. The van der Waals surface area contributed by atoms with E-state index in [-0.39, 0.29) is 0 Å². The van der Waals surface area contributed by atoms with Crippen LogP contribution >= 0.6 is 11.3 Å². The number of nitrogens with zero attached hydrogens (tertiary/aromatic N) is 4. The minimum absolute atomic E-state index is 0.860. The maximum absolute atomic E-state index is 4.54. The van der Waals surface area contributed by atoms with Gasteiger partial charge in [0.15, 0.2) is 0 Å². The zero-order valence-electron chi connectivity index (χ0n) is 13.5. The van der Waals surface area contributed by atoms with Crippen molar-refractivity contribution >= 4 is 33.2 Å². The van der Waals surface area contributed by atoms with Crippen LogP contribution in [0.3, 0.4) is 0 Å². The van der Waals surface area contributed by atoms with E-state index >= 15 is 0 Å². The summed E-state index contributed by atoms with van der Waals surface area (Å²) in [5.41, 5.74) is 3.59. The number of pyridine rings is 1. The molecule has 0 radical (unpaired) electrons. The predicted molar refractivity (Wildman–Crippen MR) is 99.9 cm³/mol. The Labute approximate surface area is 144 Å². The van der Waals surface area contributed by atoms with Crippen molar-refractivity contribution in [1.82, 2.24) is 15.0 Å². The van der Waals surface area contributed by atoms with Gasteiger partial charge in [0.1, 0.15) is 22.8 Å². The number of anilines is 2. The lowest BCUT2D eigenvalue weighted by Gasteiger charge is -2.18. The summed E-state index contributed by atoms with van der Waals surface area (Å²) in [7, 11) is 1.99. The molecule has 1 aromatic carbocycles. The van der Waals surface area contributed by atoms with Gasteiger partial charge in [-0.15, -0.1) is 11.3 Å². The zero-order valence-corrected chi connectivity index (χ0v) is 14.3. The van der Waals surface area contributed by atoms with Crippen molar-refractivity contribution in [1.29, 1.82) is 0 Å². The minimum Gasteiger partial charge on any atom is -0.314 e. The molecule has 0 unspecified atom stereocenters. The van der Waals surface area contributed by atoms with Gasteiger partial charge in [-0.05, 0) is 24.6 Å². The van der Waals surface area contributed by atoms with Crippen LogP contribution in [-0.2, 0) is 0 Å². The summed E-state index contributed by atoms with van der Waals surface area (Å²) in [5, 5.41) is 3.22. The molecule has 3 aromatic heterocycles. The first-order valence-corrected chi connectivity index (χ1v) is 8.56. The highest BCUT2D eigenvalue weighted by Crippen LogP contribution is 2.38. The lowest BCUT2D eigenvalue weighted by Crippen LogP contribution is -2.13. The molecule has 0 bridgehead atoms. The number of aromatic nitrogens is 3. The van der Waals surface area contributed by atoms with Gasteiger partial charge < -0.3 is 4.90 Å². The molecule has 24 heavy (non-hydrogen) atoms. The van der Waals surface area contributed by atoms with Crippen molar-refractivity contribution in [2.24, 2.45) is 0 Å². The van der Waals surface area contributed by atoms with Crippen molar-refractivity contribution in [3.8, 4) is 11.1 Å². The molecule has 0 saturated heterocycles. The molecule has 4 rings (SSSR count). The van der Waals surface area contributed by atoms with Crippen LogP contribution in [0.25, 0.3) is 21.3 Å². The summed E-state index contributed by atoms with van der Waals surface area (Å²) < 4.78 is 0. The topological polar surface area (TPSA) is 41.9 Å². The summed E-state index contributed by atoms with van der Waals surface area (Å²) in [6.45, 7) is 2.10. The van der Waals surface area contributed by atoms with Crippen LogP contribution in [0.2, 0.25) is 0 Å². The first-order chi connectivity index (χ1) is 11.7. The van der Waals surface area contributed by atoms with Gasteiger partial charge in [0.05, 0.1) is 5.39 Å². The van der Waals surface area contributed by atoms with E-state index in [0.29, 0.717) is 0 Å². The fourth-order valence-electron chi connectivity index (χ4n) is 2.72. The van der Waals surface area contributed by atoms with Gasteiger partial charge in [0.25, 0.3) is 0 Å². The highest BCUT2D eigenvalue weighted by molar-refractivity contribution is 7.17. The second-order valence-electron chi connectivity index (χ2n) is 5.64. The van der Waals surface area contributed by atoms with Crippen molar-refractivity contribution < 1.29 is 0 Å². The van der Waals surface area contributed by atoms with Crippen LogP contribution in [0.5, 0.6) is 0 Å². The van der Waals surface area contributed by atoms with E-state index in [9.17, 15) is 0 Å². The maximum Gasteiger partial charge on any atom is 0.146 e. The largest absolute Gasteiger partial charge is 0.314 e.